The second-order valence-electron chi connectivity index (χ2n) is 6.51. The fourth-order valence-electron chi connectivity index (χ4n) is 3.37. The van der Waals surface area contributed by atoms with E-state index in [4.69, 9.17) is 4.74 Å². The number of nitro benzene ring substituents is 1. The van der Waals surface area contributed by atoms with Crippen LogP contribution in [-0.4, -0.2) is 24.7 Å². The Kier molecular flexibility index (Phi) is 4.99. The fourth-order valence-corrected chi connectivity index (χ4v) is 3.37. The Bertz CT molecular complexity index is 756. The molecular formula is C19H21FN2O3. The van der Waals surface area contributed by atoms with Crippen molar-refractivity contribution in [2.24, 2.45) is 0 Å². The van der Waals surface area contributed by atoms with Crippen molar-refractivity contribution < 1.29 is 14.1 Å². The molecule has 2 aromatic carbocycles. The standard InChI is InChI=1S/C19H21FN2O3/c1-14-12-17(6-7-18(14)22(23)24)21-13-19(8-10-25-11-9-19)15-2-4-16(20)5-3-15/h2-7,12,21H,8-11,13H2,1H3. The first kappa shape index (κ1) is 17.4. The van der Waals surface area contributed by atoms with E-state index >= 15 is 0 Å². The van der Waals surface area contributed by atoms with E-state index in [0.29, 0.717) is 25.3 Å². The van der Waals surface area contributed by atoms with Crippen LogP contribution in [0, 0.1) is 22.9 Å². The number of hydrogen-bond acceptors (Lipinski definition) is 4. The number of hydrogen-bond donors (Lipinski definition) is 1. The minimum absolute atomic E-state index is 0.116. The summed E-state index contributed by atoms with van der Waals surface area (Å²) in [6, 6.07) is 11.7. The number of aryl methyl sites for hydroxylation is 1. The lowest BCUT2D eigenvalue weighted by atomic mass is 9.74. The van der Waals surface area contributed by atoms with Gasteiger partial charge in [-0.1, -0.05) is 12.1 Å². The van der Waals surface area contributed by atoms with Crippen molar-refractivity contribution >= 4 is 11.4 Å². The third-order valence-electron chi connectivity index (χ3n) is 4.93. The van der Waals surface area contributed by atoms with E-state index in [2.05, 4.69) is 5.32 Å². The maximum Gasteiger partial charge on any atom is 0.272 e. The average molecular weight is 344 g/mol. The van der Waals surface area contributed by atoms with Crippen LogP contribution in [0.1, 0.15) is 24.0 Å². The van der Waals surface area contributed by atoms with Crippen LogP contribution < -0.4 is 5.32 Å². The molecule has 5 nitrogen and oxygen atoms in total. The Balaban J connectivity index is 1.81. The molecule has 0 aromatic heterocycles. The molecule has 0 unspecified atom stereocenters. The van der Waals surface area contributed by atoms with Gasteiger partial charge in [-0.05, 0) is 49.6 Å². The highest BCUT2D eigenvalue weighted by atomic mass is 19.1. The molecule has 0 aliphatic carbocycles. The first-order chi connectivity index (χ1) is 12.0. The van der Waals surface area contributed by atoms with E-state index in [1.807, 2.05) is 12.1 Å². The van der Waals surface area contributed by atoms with Gasteiger partial charge >= 0.3 is 0 Å². The first-order valence-corrected chi connectivity index (χ1v) is 8.33. The lowest BCUT2D eigenvalue weighted by Crippen LogP contribution is -2.40. The Labute approximate surface area is 146 Å². The minimum atomic E-state index is -0.377. The molecule has 6 heteroatoms. The SMILES string of the molecule is Cc1cc(NCC2(c3ccc(F)cc3)CCOCC2)ccc1[N+](=O)[O-]. The van der Waals surface area contributed by atoms with Gasteiger partial charge in [-0.3, -0.25) is 10.1 Å². The van der Waals surface area contributed by atoms with E-state index in [1.165, 1.54) is 18.2 Å². The van der Waals surface area contributed by atoms with Crippen LogP contribution in [0.25, 0.3) is 0 Å². The van der Waals surface area contributed by atoms with Crippen LogP contribution in [0.3, 0.4) is 0 Å². The number of anilines is 1. The van der Waals surface area contributed by atoms with Gasteiger partial charge in [-0.15, -0.1) is 0 Å². The van der Waals surface area contributed by atoms with Gasteiger partial charge in [0.15, 0.2) is 0 Å². The smallest absolute Gasteiger partial charge is 0.272 e. The molecule has 0 bridgehead atoms. The lowest BCUT2D eigenvalue weighted by molar-refractivity contribution is -0.385. The van der Waals surface area contributed by atoms with Crippen LogP contribution in [0.5, 0.6) is 0 Å². The number of benzene rings is 2. The summed E-state index contributed by atoms with van der Waals surface area (Å²) in [5, 5.41) is 14.3. The van der Waals surface area contributed by atoms with E-state index in [-0.39, 0.29) is 21.8 Å². The van der Waals surface area contributed by atoms with Gasteiger partial charge in [0.2, 0.25) is 0 Å². The predicted octanol–water partition coefficient (Wildman–Crippen LogP) is 4.20. The van der Waals surface area contributed by atoms with Gasteiger partial charge in [0.05, 0.1) is 4.92 Å². The van der Waals surface area contributed by atoms with Crippen LogP contribution in [0.15, 0.2) is 42.5 Å². The molecule has 2 aromatic rings. The molecule has 0 spiro atoms. The molecule has 1 saturated heterocycles. The normalized spacial score (nSPS) is 16.4. The summed E-state index contributed by atoms with van der Waals surface area (Å²) in [6.07, 6.45) is 1.69. The maximum atomic E-state index is 13.3. The first-order valence-electron chi connectivity index (χ1n) is 8.33. The number of halogens is 1. The van der Waals surface area contributed by atoms with Crippen molar-refractivity contribution in [3.63, 3.8) is 0 Å². The number of rotatable bonds is 5. The molecule has 0 saturated carbocycles. The fraction of sp³-hybridized carbons (Fsp3) is 0.368. The van der Waals surface area contributed by atoms with Crippen molar-refractivity contribution in [2.75, 3.05) is 25.1 Å². The number of nitrogens with zero attached hydrogens (tertiary/aromatic N) is 1. The quantitative estimate of drug-likeness (QED) is 0.652. The second-order valence-corrected chi connectivity index (χ2v) is 6.51. The lowest BCUT2D eigenvalue weighted by Gasteiger charge is -2.38. The zero-order chi connectivity index (χ0) is 17.9. The molecule has 0 atom stereocenters. The molecule has 132 valence electrons. The van der Waals surface area contributed by atoms with Crippen molar-refractivity contribution in [1.29, 1.82) is 0 Å². The minimum Gasteiger partial charge on any atom is -0.384 e. The summed E-state index contributed by atoms with van der Waals surface area (Å²) < 4.78 is 18.8. The summed E-state index contributed by atoms with van der Waals surface area (Å²) >= 11 is 0. The van der Waals surface area contributed by atoms with Crippen molar-refractivity contribution in [3.8, 4) is 0 Å². The number of ether oxygens (including phenoxy) is 1. The Morgan fingerprint density at radius 1 is 1.20 bits per heavy atom. The van der Waals surface area contributed by atoms with Crippen LogP contribution >= 0.6 is 0 Å². The predicted molar refractivity (Wildman–Crippen MR) is 94.5 cm³/mol. The molecule has 0 amide bonds. The summed E-state index contributed by atoms with van der Waals surface area (Å²) in [6.45, 7) is 3.73. The topological polar surface area (TPSA) is 64.4 Å². The third kappa shape index (κ3) is 3.79. The molecule has 1 fully saturated rings. The van der Waals surface area contributed by atoms with Gasteiger partial charge in [0.25, 0.3) is 5.69 Å². The van der Waals surface area contributed by atoms with Crippen LogP contribution in [-0.2, 0) is 10.2 Å². The van der Waals surface area contributed by atoms with E-state index in [0.717, 1.165) is 24.1 Å². The Morgan fingerprint density at radius 3 is 2.48 bits per heavy atom. The molecule has 1 aliphatic heterocycles. The summed E-state index contributed by atoms with van der Waals surface area (Å²) in [7, 11) is 0. The van der Waals surface area contributed by atoms with Gasteiger partial charge < -0.3 is 10.1 Å². The monoisotopic (exact) mass is 344 g/mol. The zero-order valence-electron chi connectivity index (χ0n) is 14.1. The summed E-state index contributed by atoms with van der Waals surface area (Å²) in [5.74, 6) is -0.245. The molecule has 0 radical (unpaired) electrons. The largest absolute Gasteiger partial charge is 0.384 e. The maximum absolute atomic E-state index is 13.3. The Hall–Kier alpha value is -2.47. The third-order valence-corrected chi connectivity index (χ3v) is 4.93. The van der Waals surface area contributed by atoms with E-state index < -0.39 is 0 Å². The zero-order valence-corrected chi connectivity index (χ0v) is 14.1. The van der Waals surface area contributed by atoms with Gasteiger partial charge in [0, 0.05) is 42.5 Å². The molecule has 25 heavy (non-hydrogen) atoms. The summed E-state index contributed by atoms with van der Waals surface area (Å²) in [4.78, 5) is 10.6. The van der Waals surface area contributed by atoms with Gasteiger partial charge in [-0.25, -0.2) is 4.39 Å². The number of nitrogens with one attached hydrogen (secondary N) is 1. The summed E-state index contributed by atoms with van der Waals surface area (Å²) in [5.41, 5.74) is 2.53. The molecule has 1 N–H and O–H groups in total. The highest BCUT2D eigenvalue weighted by molar-refractivity contribution is 5.54. The average Bonchev–Trinajstić information content (AvgIpc) is 2.61. The molecule has 1 aliphatic rings. The molecule has 1 heterocycles. The van der Waals surface area contributed by atoms with Crippen molar-refractivity contribution in [2.45, 2.75) is 25.2 Å². The molecular weight excluding hydrogens is 323 g/mol. The van der Waals surface area contributed by atoms with E-state index in [1.54, 1.807) is 19.1 Å². The van der Waals surface area contributed by atoms with Crippen molar-refractivity contribution in [3.05, 3.63) is 69.5 Å². The second kappa shape index (κ2) is 7.19. The van der Waals surface area contributed by atoms with Crippen LogP contribution in [0.2, 0.25) is 0 Å². The molecule has 3 rings (SSSR count). The highest BCUT2D eigenvalue weighted by Gasteiger charge is 2.34. The van der Waals surface area contributed by atoms with E-state index in [9.17, 15) is 14.5 Å². The van der Waals surface area contributed by atoms with Gasteiger partial charge in [-0.2, -0.15) is 0 Å². The highest BCUT2D eigenvalue weighted by Crippen LogP contribution is 2.35. The van der Waals surface area contributed by atoms with Gasteiger partial charge in [0.1, 0.15) is 5.82 Å². The number of nitro groups is 1. The van der Waals surface area contributed by atoms with Crippen LogP contribution in [0.4, 0.5) is 15.8 Å². The Morgan fingerprint density at radius 2 is 1.88 bits per heavy atom. The van der Waals surface area contributed by atoms with Crippen molar-refractivity contribution in [1.82, 2.24) is 0 Å².